The molecule has 5 heterocycles. The molecule has 5 rings (SSSR count). The van der Waals surface area contributed by atoms with E-state index in [0.29, 0.717) is 5.82 Å². The summed E-state index contributed by atoms with van der Waals surface area (Å²) in [5, 5.41) is 0.872. The minimum absolute atomic E-state index is 0.0167. The lowest BCUT2D eigenvalue weighted by Gasteiger charge is -2.54. The lowest BCUT2D eigenvalue weighted by atomic mass is 9.73. The largest absolute Gasteiger partial charge is 0.444 e. The van der Waals surface area contributed by atoms with Gasteiger partial charge in [0.25, 0.3) is 0 Å². The number of ether oxygens (including phenoxy) is 2. The number of hydrogen-bond acceptors (Lipinski definition) is 7. The van der Waals surface area contributed by atoms with Gasteiger partial charge in [-0.25, -0.2) is 14.8 Å². The second-order valence-electron chi connectivity index (χ2n) is 10.7. The van der Waals surface area contributed by atoms with Crippen molar-refractivity contribution in [1.29, 1.82) is 0 Å². The van der Waals surface area contributed by atoms with Crippen LogP contribution in [0.5, 0.6) is 0 Å². The number of carbonyl (C=O) groups is 1. The monoisotopic (exact) mass is 442 g/mol. The minimum Gasteiger partial charge on any atom is -0.444 e. The van der Waals surface area contributed by atoms with Gasteiger partial charge in [0.05, 0.1) is 11.5 Å². The zero-order valence-corrected chi connectivity index (χ0v) is 19.3. The molecule has 0 radical (unpaired) electrons. The number of anilines is 1. The van der Waals surface area contributed by atoms with Crippen molar-refractivity contribution in [3.8, 4) is 0 Å². The number of aromatic nitrogens is 3. The Balaban J connectivity index is 1.15. The van der Waals surface area contributed by atoms with Crippen molar-refractivity contribution in [2.45, 2.75) is 64.4 Å². The van der Waals surface area contributed by atoms with Crippen LogP contribution in [0.4, 0.5) is 10.6 Å². The van der Waals surface area contributed by atoms with E-state index >= 15 is 0 Å². The lowest BCUT2D eigenvalue weighted by Crippen LogP contribution is -2.65. The van der Waals surface area contributed by atoms with Crippen molar-refractivity contribution < 1.29 is 14.3 Å². The minimum atomic E-state index is -0.447. The van der Waals surface area contributed by atoms with Gasteiger partial charge in [-0.2, -0.15) is 0 Å². The van der Waals surface area contributed by atoms with Crippen molar-refractivity contribution in [3.05, 3.63) is 18.6 Å². The molecule has 2 aromatic heterocycles. The molecule has 9 heteroatoms. The third-order valence-corrected chi connectivity index (χ3v) is 6.84. The second-order valence-corrected chi connectivity index (χ2v) is 10.7. The molecule has 1 amide bonds. The number of piperidine rings is 1. The van der Waals surface area contributed by atoms with Gasteiger partial charge in [0.15, 0.2) is 0 Å². The number of fused-ring (bicyclic) bond motifs is 1. The molecule has 3 aliphatic rings. The molecule has 32 heavy (non-hydrogen) atoms. The Morgan fingerprint density at radius 2 is 2.09 bits per heavy atom. The van der Waals surface area contributed by atoms with Gasteiger partial charge in [-0.05, 0) is 59.1 Å². The summed E-state index contributed by atoms with van der Waals surface area (Å²) in [6.07, 6.45) is 7.83. The van der Waals surface area contributed by atoms with Crippen LogP contribution in [0.1, 0.15) is 52.7 Å². The highest BCUT2D eigenvalue weighted by Crippen LogP contribution is 2.40. The Hall–Kier alpha value is -2.39. The van der Waals surface area contributed by atoms with E-state index < -0.39 is 5.60 Å². The van der Waals surface area contributed by atoms with Crippen molar-refractivity contribution >= 4 is 22.9 Å². The van der Waals surface area contributed by atoms with E-state index in [9.17, 15) is 4.79 Å². The molecular formula is C23H34N6O3. The van der Waals surface area contributed by atoms with Gasteiger partial charge >= 0.3 is 6.09 Å². The first-order chi connectivity index (χ1) is 15.2. The van der Waals surface area contributed by atoms with E-state index in [1.165, 1.54) is 12.7 Å². The van der Waals surface area contributed by atoms with Crippen molar-refractivity contribution in [3.63, 3.8) is 0 Å². The molecule has 1 spiro atoms. The standard InChI is InChI=1S/C23H34N6O3/c1-22(2,3)32-21(30)28-13-23(14-28)8-4-9-27(12-23)11-16-5-6-18(31-16)29-10-7-17-19(24)25-15-26-20(17)29/h7,10,15-16,18H,4-6,8-9,11-14H2,1-3H3,(H2,24,25,26). The summed E-state index contributed by atoms with van der Waals surface area (Å²) in [6.45, 7) is 10.4. The molecule has 174 valence electrons. The van der Waals surface area contributed by atoms with Crippen LogP contribution in [0.2, 0.25) is 0 Å². The zero-order valence-electron chi connectivity index (χ0n) is 19.3. The number of nitrogen functional groups attached to an aromatic ring is 1. The third-order valence-electron chi connectivity index (χ3n) is 6.84. The lowest BCUT2D eigenvalue weighted by molar-refractivity contribution is -0.0761. The van der Waals surface area contributed by atoms with Crippen LogP contribution in [-0.2, 0) is 9.47 Å². The normalized spacial score (nSPS) is 25.9. The molecule has 2 aromatic rings. The SMILES string of the molecule is CC(C)(C)OC(=O)N1CC2(CCCN(CC3CCC(n4ccc5c(N)ncnc54)O3)C2)C1. The van der Waals surface area contributed by atoms with Crippen LogP contribution < -0.4 is 5.73 Å². The van der Waals surface area contributed by atoms with Gasteiger partial charge in [0, 0.05) is 37.8 Å². The Morgan fingerprint density at radius 1 is 1.28 bits per heavy atom. The Morgan fingerprint density at radius 3 is 2.88 bits per heavy atom. The molecule has 2 atom stereocenters. The van der Waals surface area contributed by atoms with E-state index in [0.717, 1.165) is 63.0 Å². The topological polar surface area (TPSA) is 98.7 Å². The van der Waals surface area contributed by atoms with E-state index in [-0.39, 0.29) is 23.8 Å². The molecule has 0 saturated carbocycles. The molecule has 0 aromatic carbocycles. The first-order valence-corrected chi connectivity index (χ1v) is 11.6. The smallest absolute Gasteiger partial charge is 0.410 e. The zero-order chi connectivity index (χ0) is 22.5. The van der Waals surface area contributed by atoms with Crippen molar-refractivity contribution in [2.24, 2.45) is 5.41 Å². The third kappa shape index (κ3) is 4.15. The molecule has 2 N–H and O–H groups in total. The van der Waals surface area contributed by atoms with E-state index in [4.69, 9.17) is 15.2 Å². The van der Waals surface area contributed by atoms with Gasteiger partial charge in [-0.15, -0.1) is 0 Å². The van der Waals surface area contributed by atoms with Crippen LogP contribution in [-0.4, -0.2) is 74.9 Å². The van der Waals surface area contributed by atoms with Gasteiger partial charge < -0.3 is 29.6 Å². The number of hydrogen-bond donors (Lipinski definition) is 1. The van der Waals surface area contributed by atoms with Crippen LogP contribution in [0.15, 0.2) is 18.6 Å². The number of likely N-dealkylation sites (tertiary alicyclic amines) is 2. The maximum absolute atomic E-state index is 12.3. The number of amides is 1. The number of nitrogens with two attached hydrogens (primary N) is 1. The first-order valence-electron chi connectivity index (χ1n) is 11.6. The molecule has 3 saturated heterocycles. The molecule has 3 aliphatic heterocycles. The summed E-state index contributed by atoms with van der Waals surface area (Å²) >= 11 is 0. The van der Waals surface area contributed by atoms with Crippen LogP contribution >= 0.6 is 0 Å². The maximum Gasteiger partial charge on any atom is 0.410 e. The predicted octanol–water partition coefficient (Wildman–Crippen LogP) is 3.02. The molecule has 9 nitrogen and oxygen atoms in total. The van der Waals surface area contributed by atoms with Gasteiger partial charge in [0.2, 0.25) is 0 Å². The van der Waals surface area contributed by atoms with Crippen LogP contribution in [0, 0.1) is 5.41 Å². The Bertz CT molecular complexity index is 993. The number of carbonyl (C=O) groups excluding carboxylic acids is 1. The fourth-order valence-corrected chi connectivity index (χ4v) is 5.48. The molecule has 3 fully saturated rings. The second kappa shape index (κ2) is 7.88. The highest BCUT2D eigenvalue weighted by Gasteiger charge is 2.48. The number of rotatable bonds is 3. The van der Waals surface area contributed by atoms with E-state index in [2.05, 4.69) is 19.4 Å². The summed E-state index contributed by atoms with van der Waals surface area (Å²) in [6, 6.07) is 1.96. The average molecular weight is 443 g/mol. The van der Waals surface area contributed by atoms with E-state index in [1.807, 2.05) is 37.9 Å². The molecule has 2 unspecified atom stereocenters. The Kier molecular flexibility index (Phi) is 5.28. The van der Waals surface area contributed by atoms with Gasteiger partial charge in [0.1, 0.15) is 29.6 Å². The number of nitrogens with zero attached hydrogens (tertiary/aromatic N) is 5. The van der Waals surface area contributed by atoms with Crippen molar-refractivity contribution in [1.82, 2.24) is 24.3 Å². The molecular weight excluding hydrogens is 408 g/mol. The quantitative estimate of drug-likeness (QED) is 0.780. The highest BCUT2D eigenvalue weighted by molar-refractivity contribution is 5.86. The summed E-state index contributed by atoms with van der Waals surface area (Å²) in [5.74, 6) is 0.503. The summed E-state index contributed by atoms with van der Waals surface area (Å²) in [5.41, 5.74) is 6.57. The predicted molar refractivity (Wildman–Crippen MR) is 121 cm³/mol. The highest BCUT2D eigenvalue weighted by atomic mass is 16.6. The first kappa shape index (κ1) is 21.5. The summed E-state index contributed by atoms with van der Waals surface area (Å²) in [7, 11) is 0. The molecule has 0 aliphatic carbocycles. The summed E-state index contributed by atoms with van der Waals surface area (Å²) in [4.78, 5) is 25.2. The van der Waals surface area contributed by atoms with Gasteiger partial charge in [-0.1, -0.05) is 0 Å². The Labute approximate surface area is 188 Å². The van der Waals surface area contributed by atoms with Crippen LogP contribution in [0.25, 0.3) is 11.0 Å². The fraction of sp³-hybridized carbons (Fsp3) is 0.696. The molecule has 0 bridgehead atoms. The fourth-order valence-electron chi connectivity index (χ4n) is 5.48. The van der Waals surface area contributed by atoms with Crippen LogP contribution in [0.3, 0.4) is 0 Å². The van der Waals surface area contributed by atoms with Crippen molar-refractivity contribution in [2.75, 3.05) is 38.5 Å². The summed E-state index contributed by atoms with van der Waals surface area (Å²) < 4.78 is 14.0. The van der Waals surface area contributed by atoms with Gasteiger partial charge in [-0.3, -0.25) is 0 Å². The average Bonchev–Trinajstić information content (AvgIpc) is 3.32. The maximum atomic E-state index is 12.3. The van der Waals surface area contributed by atoms with E-state index in [1.54, 1.807) is 0 Å².